The number of thiophene rings is 1. The summed E-state index contributed by atoms with van der Waals surface area (Å²) in [5.74, 6) is 0.875. The van der Waals surface area contributed by atoms with Crippen LogP contribution in [0.2, 0.25) is 5.15 Å². The van der Waals surface area contributed by atoms with Crippen molar-refractivity contribution in [2.45, 2.75) is 11.8 Å². The van der Waals surface area contributed by atoms with Crippen molar-refractivity contribution in [3.63, 3.8) is 0 Å². The van der Waals surface area contributed by atoms with Crippen molar-refractivity contribution in [3.05, 3.63) is 40.6 Å². The van der Waals surface area contributed by atoms with Crippen molar-refractivity contribution in [3.8, 4) is 11.4 Å². The summed E-state index contributed by atoms with van der Waals surface area (Å²) in [6.07, 6.45) is 0. The van der Waals surface area contributed by atoms with Gasteiger partial charge in [0.05, 0.1) is 5.56 Å². The van der Waals surface area contributed by atoms with Crippen LogP contribution >= 0.6 is 34.7 Å². The van der Waals surface area contributed by atoms with Gasteiger partial charge in [-0.2, -0.15) is 0 Å². The lowest BCUT2D eigenvalue weighted by Crippen LogP contribution is -1.95. The standard InChI is InChI=1S/C14H10ClFN2S2/c1-2-19-10-5-3-4-9(16)11(10)13-17-12(15)8-6-7-20-14(8)18-13/h3-7H,2H2,1H3. The highest BCUT2D eigenvalue weighted by molar-refractivity contribution is 7.99. The number of halogens is 2. The van der Waals surface area contributed by atoms with Gasteiger partial charge in [-0.3, -0.25) is 0 Å². The van der Waals surface area contributed by atoms with Crippen molar-refractivity contribution in [2.75, 3.05) is 5.75 Å². The van der Waals surface area contributed by atoms with E-state index in [0.29, 0.717) is 16.5 Å². The summed E-state index contributed by atoms with van der Waals surface area (Å²) in [5.41, 5.74) is 0.427. The van der Waals surface area contributed by atoms with Crippen LogP contribution in [0.25, 0.3) is 21.6 Å². The van der Waals surface area contributed by atoms with Crippen LogP contribution < -0.4 is 0 Å². The maximum Gasteiger partial charge on any atom is 0.166 e. The molecule has 0 aliphatic carbocycles. The lowest BCUT2D eigenvalue weighted by atomic mass is 10.2. The number of nitrogens with zero attached hydrogens (tertiary/aromatic N) is 2. The van der Waals surface area contributed by atoms with Crippen molar-refractivity contribution in [1.29, 1.82) is 0 Å². The molecule has 6 heteroatoms. The lowest BCUT2D eigenvalue weighted by Gasteiger charge is -2.08. The number of hydrogen-bond donors (Lipinski definition) is 0. The minimum absolute atomic E-state index is 0.324. The number of hydrogen-bond acceptors (Lipinski definition) is 4. The topological polar surface area (TPSA) is 25.8 Å². The second-order valence-electron chi connectivity index (χ2n) is 4.02. The van der Waals surface area contributed by atoms with Crippen molar-refractivity contribution < 1.29 is 4.39 Å². The average molecular weight is 325 g/mol. The SMILES string of the molecule is CCSc1cccc(F)c1-c1nc(Cl)c2ccsc2n1. The fourth-order valence-electron chi connectivity index (χ4n) is 1.93. The molecule has 0 atom stereocenters. The monoisotopic (exact) mass is 324 g/mol. The van der Waals surface area contributed by atoms with Gasteiger partial charge in [0.1, 0.15) is 15.8 Å². The third kappa shape index (κ3) is 2.41. The first-order valence-corrected chi connectivity index (χ1v) is 8.27. The Morgan fingerprint density at radius 3 is 2.95 bits per heavy atom. The third-order valence-corrected chi connectivity index (χ3v) is 4.81. The Morgan fingerprint density at radius 1 is 1.30 bits per heavy atom. The molecule has 0 aliphatic rings. The highest BCUT2D eigenvalue weighted by atomic mass is 35.5. The molecule has 3 aromatic rings. The van der Waals surface area contributed by atoms with Crippen LogP contribution in [0, 0.1) is 5.82 Å². The molecule has 2 heterocycles. The van der Waals surface area contributed by atoms with E-state index in [4.69, 9.17) is 11.6 Å². The maximum absolute atomic E-state index is 14.2. The van der Waals surface area contributed by atoms with Crippen molar-refractivity contribution in [1.82, 2.24) is 9.97 Å². The molecule has 0 amide bonds. The largest absolute Gasteiger partial charge is 0.217 e. The van der Waals surface area contributed by atoms with Crippen LogP contribution in [0.3, 0.4) is 0 Å². The van der Waals surface area contributed by atoms with Crippen LogP contribution in [0.15, 0.2) is 34.5 Å². The van der Waals surface area contributed by atoms with E-state index in [1.807, 2.05) is 24.4 Å². The smallest absolute Gasteiger partial charge is 0.166 e. The number of fused-ring (bicyclic) bond motifs is 1. The fourth-order valence-corrected chi connectivity index (χ4v) is 3.80. The van der Waals surface area contributed by atoms with Crippen molar-refractivity contribution >= 4 is 44.9 Å². The van der Waals surface area contributed by atoms with Gasteiger partial charge in [-0.25, -0.2) is 14.4 Å². The Hall–Kier alpha value is -1.17. The average Bonchev–Trinajstić information content (AvgIpc) is 2.88. The molecule has 102 valence electrons. The molecular weight excluding hydrogens is 315 g/mol. The Bertz CT molecular complexity index is 773. The quantitative estimate of drug-likeness (QED) is 0.485. The first-order chi connectivity index (χ1) is 9.70. The molecule has 2 nitrogen and oxygen atoms in total. The molecular formula is C14H10ClFN2S2. The fraction of sp³-hybridized carbons (Fsp3) is 0.143. The predicted octanol–water partition coefficient (Wildman–Crippen LogP) is 5.26. The first-order valence-electron chi connectivity index (χ1n) is 6.03. The molecule has 0 fully saturated rings. The van der Waals surface area contributed by atoms with Crippen molar-refractivity contribution in [2.24, 2.45) is 0 Å². The highest BCUT2D eigenvalue weighted by Crippen LogP contribution is 2.34. The normalized spacial score (nSPS) is 11.2. The minimum atomic E-state index is -0.324. The van der Waals surface area contributed by atoms with Crippen LogP contribution in [-0.2, 0) is 0 Å². The zero-order chi connectivity index (χ0) is 14.1. The van der Waals surface area contributed by atoms with Crippen LogP contribution in [-0.4, -0.2) is 15.7 Å². The van der Waals surface area contributed by atoms with Gasteiger partial charge in [-0.1, -0.05) is 24.6 Å². The Balaban J connectivity index is 2.24. The van der Waals surface area contributed by atoms with E-state index in [9.17, 15) is 4.39 Å². The molecule has 0 aliphatic heterocycles. The molecule has 20 heavy (non-hydrogen) atoms. The third-order valence-electron chi connectivity index (χ3n) is 2.78. The summed E-state index contributed by atoms with van der Waals surface area (Å²) in [6.45, 7) is 2.02. The molecule has 0 spiro atoms. The van der Waals surface area contributed by atoms with E-state index >= 15 is 0 Å². The highest BCUT2D eigenvalue weighted by Gasteiger charge is 2.16. The number of benzene rings is 1. The molecule has 3 rings (SSSR count). The Labute approximate surface area is 129 Å². The molecule has 0 radical (unpaired) electrons. The van der Waals surface area contributed by atoms with E-state index in [1.54, 1.807) is 17.8 Å². The molecule has 0 N–H and O–H groups in total. The first kappa shape index (κ1) is 13.8. The number of thioether (sulfide) groups is 1. The Kier molecular flexibility index (Phi) is 3.92. The van der Waals surface area contributed by atoms with Gasteiger partial charge in [0.2, 0.25) is 0 Å². The van der Waals surface area contributed by atoms with E-state index in [1.165, 1.54) is 17.4 Å². The Morgan fingerprint density at radius 2 is 2.15 bits per heavy atom. The summed E-state index contributed by atoms with van der Waals surface area (Å²) in [7, 11) is 0. The van der Waals surface area contributed by atoms with Gasteiger partial charge < -0.3 is 0 Å². The number of rotatable bonds is 3. The predicted molar refractivity (Wildman–Crippen MR) is 84.2 cm³/mol. The summed E-state index contributed by atoms with van der Waals surface area (Å²) in [5, 5.41) is 3.07. The van der Waals surface area contributed by atoms with E-state index in [2.05, 4.69) is 9.97 Å². The summed E-state index contributed by atoms with van der Waals surface area (Å²) < 4.78 is 14.2. The molecule has 0 saturated heterocycles. The molecule has 0 saturated carbocycles. The van der Waals surface area contributed by atoms with Crippen LogP contribution in [0.4, 0.5) is 4.39 Å². The van der Waals surface area contributed by atoms with E-state index in [0.717, 1.165) is 20.9 Å². The maximum atomic E-state index is 14.2. The van der Waals surface area contributed by atoms with Gasteiger partial charge in [-0.05, 0) is 29.3 Å². The molecule has 2 aromatic heterocycles. The second-order valence-corrected chi connectivity index (χ2v) is 6.58. The zero-order valence-corrected chi connectivity index (χ0v) is 12.9. The van der Waals surface area contributed by atoms with E-state index < -0.39 is 0 Å². The van der Waals surface area contributed by atoms with Gasteiger partial charge >= 0.3 is 0 Å². The number of aromatic nitrogens is 2. The van der Waals surface area contributed by atoms with Gasteiger partial charge in [0.15, 0.2) is 5.82 Å². The zero-order valence-electron chi connectivity index (χ0n) is 10.6. The molecule has 1 aromatic carbocycles. The van der Waals surface area contributed by atoms with Gasteiger partial charge in [-0.15, -0.1) is 23.1 Å². The lowest BCUT2D eigenvalue weighted by molar-refractivity contribution is 0.627. The molecule has 0 bridgehead atoms. The summed E-state index contributed by atoms with van der Waals surface area (Å²) in [6, 6.07) is 6.87. The van der Waals surface area contributed by atoms with Gasteiger partial charge in [0.25, 0.3) is 0 Å². The van der Waals surface area contributed by atoms with Crippen LogP contribution in [0.5, 0.6) is 0 Å². The minimum Gasteiger partial charge on any atom is -0.217 e. The second kappa shape index (κ2) is 5.68. The van der Waals surface area contributed by atoms with Gasteiger partial charge in [0, 0.05) is 10.3 Å². The summed E-state index contributed by atoms with van der Waals surface area (Å²) >= 11 is 9.20. The molecule has 0 unspecified atom stereocenters. The van der Waals surface area contributed by atoms with E-state index in [-0.39, 0.29) is 5.82 Å². The van der Waals surface area contributed by atoms with Crippen LogP contribution in [0.1, 0.15) is 6.92 Å². The summed E-state index contributed by atoms with van der Waals surface area (Å²) in [4.78, 5) is 10.3.